The quantitative estimate of drug-likeness (QED) is 0.629. The van der Waals surface area contributed by atoms with Gasteiger partial charge in [-0.1, -0.05) is 0 Å². The summed E-state index contributed by atoms with van der Waals surface area (Å²) in [5, 5.41) is 21.6. The zero-order chi connectivity index (χ0) is 10.1. The third-order valence-electron chi connectivity index (χ3n) is 1.92. The molecule has 1 aliphatic rings. The summed E-state index contributed by atoms with van der Waals surface area (Å²) in [7, 11) is 0. The molecule has 7 nitrogen and oxygen atoms in total. The highest BCUT2D eigenvalue weighted by Gasteiger charge is 2.24. The van der Waals surface area contributed by atoms with Gasteiger partial charge < -0.3 is 14.9 Å². The Morgan fingerprint density at radius 3 is 3.07 bits per heavy atom. The summed E-state index contributed by atoms with van der Waals surface area (Å²) in [6, 6.07) is 0. The lowest BCUT2D eigenvalue weighted by atomic mass is 10.3. The van der Waals surface area contributed by atoms with Crippen molar-refractivity contribution in [1.82, 2.24) is 14.8 Å². The molecular weight excluding hydrogens is 190 g/mol. The lowest BCUT2D eigenvalue weighted by Crippen LogP contribution is -2.17. The van der Waals surface area contributed by atoms with Gasteiger partial charge in [-0.2, -0.15) is 5.10 Å². The van der Waals surface area contributed by atoms with Crippen molar-refractivity contribution < 1.29 is 19.7 Å². The number of fused-ring (bicyclic) bond motifs is 1. The van der Waals surface area contributed by atoms with E-state index >= 15 is 0 Å². The van der Waals surface area contributed by atoms with Gasteiger partial charge in [-0.3, -0.25) is 0 Å². The standard InChI is InChI=1S/C7H9N3O4/c11-5(7(12)13)6-8-4-3-14-2-1-10(4)9-6/h5,11H,1-3H2,(H,12,13). The van der Waals surface area contributed by atoms with Crippen LogP contribution in [-0.4, -0.2) is 37.6 Å². The van der Waals surface area contributed by atoms with E-state index in [0.29, 0.717) is 25.6 Å². The van der Waals surface area contributed by atoms with Crippen molar-refractivity contribution in [3.63, 3.8) is 0 Å². The first-order valence-electron chi connectivity index (χ1n) is 4.10. The van der Waals surface area contributed by atoms with E-state index in [2.05, 4.69) is 10.1 Å². The minimum atomic E-state index is -1.66. The van der Waals surface area contributed by atoms with Crippen LogP contribution in [0.4, 0.5) is 0 Å². The monoisotopic (exact) mass is 199 g/mol. The van der Waals surface area contributed by atoms with E-state index in [-0.39, 0.29) is 5.82 Å². The van der Waals surface area contributed by atoms with Crippen LogP contribution in [0.2, 0.25) is 0 Å². The summed E-state index contributed by atoms with van der Waals surface area (Å²) in [6.45, 7) is 1.37. The van der Waals surface area contributed by atoms with Crippen LogP contribution >= 0.6 is 0 Å². The maximum atomic E-state index is 10.4. The smallest absolute Gasteiger partial charge is 0.340 e. The highest BCUT2D eigenvalue weighted by molar-refractivity contribution is 5.72. The molecule has 1 atom stereocenters. The van der Waals surface area contributed by atoms with Crippen molar-refractivity contribution in [3.05, 3.63) is 11.6 Å². The average Bonchev–Trinajstić information content (AvgIpc) is 2.59. The summed E-state index contributed by atoms with van der Waals surface area (Å²) in [4.78, 5) is 14.3. The van der Waals surface area contributed by atoms with Crippen molar-refractivity contribution in [1.29, 1.82) is 0 Å². The number of rotatable bonds is 2. The molecule has 76 valence electrons. The van der Waals surface area contributed by atoms with E-state index in [1.54, 1.807) is 4.68 Å². The van der Waals surface area contributed by atoms with E-state index in [1.165, 1.54) is 0 Å². The van der Waals surface area contributed by atoms with E-state index in [1.807, 2.05) is 0 Å². The average molecular weight is 199 g/mol. The predicted octanol–water partition coefficient (Wildman–Crippen LogP) is -1.07. The van der Waals surface area contributed by atoms with Crippen molar-refractivity contribution in [2.24, 2.45) is 0 Å². The Hall–Kier alpha value is -1.47. The second-order valence-electron chi connectivity index (χ2n) is 2.90. The summed E-state index contributed by atoms with van der Waals surface area (Å²) in [5.41, 5.74) is 0. The van der Waals surface area contributed by atoms with Crippen LogP contribution < -0.4 is 0 Å². The molecule has 0 amide bonds. The Bertz CT molecular complexity index is 338. The van der Waals surface area contributed by atoms with Crippen LogP contribution in [0.5, 0.6) is 0 Å². The Balaban J connectivity index is 2.28. The third kappa shape index (κ3) is 1.47. The summed E-state index contributed by atoms with van der Waals surface area (Å²) in [6.07, 6.45) is -1.66. The van der Waals surface area contributed by atoms with Crippen molar-refractivity contribution in [2.45, 2.75) is 19.3 Å². The number of carboxylic acids is 1. The van der Waals surface area contributed by atoms with Gasteiger partial charge in [-0.15, -0.1) is 0 Å². The van der Waals surface area contributed by atoms with Crippen LogP contribution in [0.15, 0.2) is 0 Å². The van der Waals surface area contributed by atoms with Gasteiger partial charge in [-0.05, 0) is 0 Å². The normalized spacial score (nSPS) is 17.5. The van der Waals surface area contributed by atoms with Gasteiger partial charge in [0, 0.05) is 0 Å². The molecule has 0 aliphatic carbocycles. The minimum Gasteiger partial charge on any atom is -0.479 e. The molecule has 0 fully saturated rings. The summed E-state index contributed by atoms with van der Waals surface area (Å²) < 4.78 is 6.64. The maximum absolute atomic E-state index is 10.4. The number of ether oxygens (including phenoxy) is 1. The van der Waals surface area contributed by atoms with Gasteiger partial charge in [-0.25, -0.2) is 14.5 Å². The SMILES string of the molecule is O=C(O)C(O)c1nc2n(n1)CCOC2. The number of aliphatic hydroxyl groups excluding tert-OH is 1. The number of hydrogen-bond donors (Lipinski definition) is 2. The van der Waals surface area contributed by atoms with E-state index in [0.717, 1.165) is 0 Å². The van der Waals surface area contributed by atoms with Gasteiger partial charge in [0.05, 0.1) is 13.2 Å². The van der Waals surface area contributed by atoms with Crippen molar-refractivity contribution in [2.75, 3.05) is 6.61 Å². The fraction of sp³-hybridized carbons (Fsp3) is 0.571. The molecule has 14 heavy (non-hydrogen) atoms. The second kappa shape index (κ2) is 3.35. The third-order valence-corrected chi connectivity index (χ3v) is 1.92. The van der Waals surface area contributed by atoms with Crippen LogP contribution in [0.1, 0.15) is 17.8 Å². The highest BCUT2D eigenvalue weighted by atomic mass is 16.5. The molecule has 0 saturated heterocycles. The first-order chi connectivity index (χ1) is 6.68. The molecule has 0 saturated carbocycles. The molecular formula is C7H9N3O4. The first kappa shape index (κ1) is 9.10. The number of nitrogens with zero attached hydrogens (tertiary/aromatic N) is 3. The molecule has 2 rings (SSSR count). The van der Waals surface area contributed by atoms with Gasteiger partial charge in [0.1, 0.15) is 6.61 Å². The summed E-state index contributed by atoms with van der Waals surface area (Å²) >= 11 is 0. The molecule has 2 N–H and O–H groups in total. The zero-order valence-corrected chi connectivity index (χ0v) is 7.25. The first-order valence-corrected chi connectivity index (χ1v) is 4.10. The number of carboxylic acid groups (broad SMARTS) is 1. The van der Waals surface area contributed by atoms with E-state index in [9.17, 15) is 4.79 Å². The number of aliphatic hydroxyl groups is 1. The lowest BCUT2D eigenvalue weighted by molar-refractivity contribution is -0.147. The van der Waals surface area contributed by atoms with Crippen LogP contribution in [0.25, 0.3) is 0 Å². The molecule has 0 aromatic carbocycles. The van der Waals surface area contributed by atoms with Crippen molar-refractivity contribution in [3.8, 4) is 0 Å². The molecule has 7 heteroatoms. The molecule has 1 aliphatic heterocycles. The van der Waals surface area contributed by atoms with Crippen LogP contribution in [0.3, 0.4) is 0 Å². The number of hydrogen-bond acceptors (Lipinski definition) is 5. The molecule has 1 unspecified atom stereocenters. The minimum absolute atomic E-state index is 0.0852. The second-order valence-corrected chi connectivity index (χ2v) is 2.90. The molecule has 1 aromatic rings. The lowest BCUT2D eigenvalue weighted by Gasteiger charge is -2.11. The number of aromatic nitrogens is 3. The molecule has 0 bridgehead atoms. The van der Waals surface area contributed by atoms with E-state index in [4.69, 9.17) is 14.9 Å². The molecule has 1 aromatic heterocycles. The Labute approximate surface area is 78.9 Å². The summed E-state index contributed by atoms with van der Waals surface area (Å²) in [5.74, 6) is -0.890. The molecule has 2 heterocycles. The van der Waals surface area contributed by atoms with Gasteiger partial charge in [0.15, 0.2) is 11.6 Å². The Kier molecular flexibility index (Phi) is 2.18. The van der Waals surface area contributed by atoms with Gasteiger partial charge in [0.25, 0.3) is 0 Å². The van der Waals surface area contributed by atoms with Crippen molar-refractivity contribution >= 4 is 5.97 Å². The molecule has 0 spiro atoms. The Morgan fingerprint density at radius 2 is 2.43 bits per heavy atom. The maximum Gasteiger partial charge on any atom is 0.340 e. The van der Waals surface area contributed by atoms with Gasteiger partial charge >= 0.3 is 5.97 Å². The number of aliphatic carboxylic acids is 1. The fourth-order valence-corrected chi connectivity index (χ4v) is 1.22. The Morgan fingerprint density at radius 1 is 1.64 bits per heavy atom. The van der Waals surface area contributed by atoms with Gasteiger partial charge in [0.2, 0.25) is 6.10 Å². The fourth-order valence-electron chi connectivity index (χ4n) is 1.22. The predicted molar refractivity (Wildman–Crippen MR) is 42.3 cm³/mol. The number of carbonyl (C=O) groups is 1. The zero-order valence-electron chi connectivity index (χ0n) is 7.25. The highest BCUT2D eigenvalue weighted by Crippen LogP contribution is 2.12. The van der Waals surface area contributed by atoms with Crippen LogP contribution in [-0.2, 0) is 22.7 Å². The topological polar surface area (TPSA) is 97.5 Å². The van der Waals surface area contributed by atoms with E-state index < -0.39 is 12.1 Å². The largest absolute Gasteiger partial charge is 0.479 e. The van der Waals surface area contributed by atoms with Crippen LogP contribution in [0, 0.1) is 0 Å². The molecule has 0 radical (unpaired) electrons.